The van der Waals surface area contributed by atoms with Crippen LogP contribution in [-0.2, 0) is 11.3 Å². The molecule has 156 valence electrons. The Hall–Kier alpha value is -3.32. The number of ether oxygens (including phenoxy) is 1. The van der Waals surface area contributed by atoms with E-state index in [0.717, 1.165) is 0 Å². The minimum atomic E-state index is -0.657. The number of furan rings is 1. The normalized spacial score (nSPS) is 10.6. The maximum atomic E-state index is 15.3. The largest absolute Gasteiger partial charge is 0.467 e. The highest BCUT2D eigenvalue weighted by Gasteiger charge is 2.22. The molecule has 3 rings (SSSR count). The summed E-state index contributed by atoms with van der Waals surface area (Å²) < 4.78 is 25.5. The van der Waals surface area contributed by atoms with Gasteiger partial charge in [-0.15, -0.1) is 0 Å². The molecular formula is C22H21ClFN3O3. The second-order valence-electron chi connectivity index (χ2n) is 6.60. The number of methoxy groups -OCH3 is 1. The molecule has 1 N–H and O–H groups in total. The van der Waals surface area contributed by atoms with E-state index in [1.807, 2.05) is 6.07 Å². The first-order valence-corrected chi connectivity index (χ1v) is 9.42. The molecule has 0 spiro atoms. The number of rotatable bonds is 7. The molecular weight excluding hydrogens is 409 g/mol. The number of halogens is 2. The molecule has 0 fully saturated rings. The number of hydrogen-bond donors (Lipinski definition) is 1. The lowest BCUT2D eigenvalue weighted by Crippen LogP contribution is -2.13. The Morgan fingerprint density at radius 3 is 2.77 bits per heavy atom. The molecule has 0 saturated heterocycles. The van der Waals surface area contributed by atoms with Gasteiger partial charge in [-0.25, -0.2) is 14.2 Å². The zero-order valence-electron chi connectivity index (χ0n) is 16.8. The van der Waals surface area contributed by atoms with Crippen LogP contribution in [0.25, 0.3) is 17.3 Å². The van der Waals surface area contributed by atoms with Gasteiger partial charge in [-0.3, -0.25) is 0 Å². The molecule has 2 heterocycles. The molecule has 0 bridgehead atoms. The Morgan fingerprint density at radius 2 is 2.17 bits per heavy atom. The molecule has 0 saturated carbocycles. The number of benzene rings is 1. The van der Waals surface area contributed by atoms with Crippen LogP contribution in [-0.4, -0.2) is 32.2 Å². The lowest BCUT2D eigenvalue weighted by atomic mass is 10.0. The standard InChI is InChI=1S/C22H21ClFN3O3/c1-5-14-17(25-12-13-7-6-10-30-13)11-18(26-20(14)22(28)29-4)15-8-9-16(23)21(19(15)24)27(2)3/h5-11H,1,12H2,2-4H3,(H,25,26). The fourth-order valence-corrected chi connectivity index (χ4v) is 3.36. The van der Waals surface area contributed by atoms with Gasteiger partial charge in [0, 0.05) is 30.9 Å². The van der Waals surface area contributed by atoms with Crippen LogP contribution in [0.5, 0.6) is 0 Å². The van der Waals surface area contributed by atoms with E-state index in [4.69, 9.17) is 20.8 Å². The van der Waals surface area contributed by atoms with Crippen LogP contribution >= 0.6 is 11.6 Å². The summed E-state index contributed by atoms with van der Waals surface area (Å²) in [6, 6.07) is 8.35. The topological polar surface area (TPSA) is 67.6 Å². The van der Waals surface area contributed by atoms with Crippen molar-refractivity contribution in [3.05, 3.63) is 71.0 Å². The summed E-state index contributed by atoms with van der Waals surface area (Å²) in [7, 11) is 4.64. The van der Waals surface area contributed by atoms with Crippen LogP contribution in [0, 0.1) is 5.82 Å². The van der Waals surface area contributed by atoms with E-state index in [9.17, 15) is 4.79 Å². The highest BCUT2D eigenvalue weighted by atomic mass is 35.5. The fraction of sp³-hybridized carbons (Fsp3) is 0.182. The van der Waals surface area contributed by atoms with Crippen LogP contribution in [0.15, 0.2) is 47.6 Å². The molecule has 1 aromatic carbocycles. The summed E-state index contributed by atoms with van der Waals surface area (Å²) in [4.78, 5) is 18.3. The van der Waals surface area contributed by atoms with Crippen molar-refractivity contribution in [2.75, 3.05) is 31.4 Å². The first kappa shape index (κ1) is 21.4. The van der Waals surface area contributed by atoms with Gasteiger partial charge in [0.05, 0.1) is 36.3 Å². The van der Waals surface area contributed by atoms with Crippen molar-refractivity contribution < 1.29 is 18.3 Å². The first-order valence-electron chi connectivity index (χ1n) is 9.05. The lowest BCUT2D eigenvalue weighted by molar-refractivity contribution is 0.0594. The van der Waals surface area contributed by atoms with Crippen LogP contribution in [0.2, 0.25) is 5.02 Å². The number of carbonyl (C=O) groups excluding carboxylic acids is 1. The highest BCUT2D eigenvalue weighted by Crippen LogP contribution is 2.36. The number of aromatic nitrogens is 1. The monoisotopic (exact) mass is 429 g/mol. The molecule has 0 aliphatic heterocycles. The molecule has 8 heteroatoms. The fourth-order valence-electron chi connectivity index (χ4n) is 3.04. The van der Waals surface area contributed by atoms with Crippen LogP contribution < -0.4 is 10.2 Å². The van der Waals surface area contributed by atoms with Gasteiger partial charge in [0.25, 0.3) is 0 Å². The average molecular weight is 430 g/mol. The van der Waals surface area contributed by atoms with Crippen LogP contribution in [0.1, 0.15) is 21.8 Å². The molecule has 2 aromatic heterocycles. The Morgan fingerprint density at radius 1 is 1.40 bits per heavy atom. The minimum Gasteiger partial charge on any atom is -0.467 e. The van der Waals surface area contributed by atoms with Crippen molar-refractivity contribution in [1.29, 1.82) is 0 Å². The predicted octanol–water partition coefficient (Wildman–Crippen LogP) is 5.24. The lowest BCUT2D eigenvalue weighted by Gasteiger charge is -2.19. The Balaban J connectivity index is 2.17. The smallest absolute Gasteiger partial charge is 0.357 e. The summed E-state index contributed by atoms with van der Waals surface area (Å²) in [6.07, 6.45) is 3.06. The quantitative estimate of drug-likeness (QED) is 0.518. The number of esters is 1. The van der Waals surface area contributed by atoms with Gasteiger partial charge in [0.2, 0.25) is 0 Å². The Kier molecular flexibility index (Phi) is 6.42. The number of nitrogens with zero attached hydrogens (tertiary/aromatic N) is 2. The third kappa shape index (κ3) is 4.16. The second kappa shape index (κ2) is 9.00. The number of hydrogen-bond acceptors (Lipinski definition) is 6. The molecule has 0 amide bonds. The molecule has 0 atom stereocenters. The third-order valence-electron chi connectivity index (χ3n) is 4.46. The van der Waals surface area contributed by atoms with E-state index in [-0.39, 0.29) is 27.7 Å². The van der Waals surface area contributed by atoms with Gasteiger partial charge >= 0.3 is 5.97 Å². The van der Waals surface area contributed by atoms with Crippen molar-refractivity contribution in [2.24, 2.45) is 0 Å². The predicted molar refractivity (Wildman–Crippen MR) is 116 cm³/mol. The summed E-state index contributed by atoms with van der Waals surface area (Å²) in [5.41, 5.74) is 1.68. The summed E-state index contributed by atoms with van der Waals surface area (Å²) in [6.45, 7) is 4.12. The third-order valence-corrected chi connectivity index (χ3v) is 4.77. The molecule has 30 heavy (non-hydrogen) atoms. The number of carbonyl (C=O) groups is 1. The van der Waals surface area contributed by atoms with E-state index >= 15 is 4.39 Å². The zero-order valence-corrected chi connectivity index (χ0v) is 17.6. The van der Waals surface area contributed by atoms with Gasteiger partial charge in [0.1, 0.15) is 5.76 Å². The van der Waals surface area contributed by atoms with E-state index in [1.165, 1.54) is 19.3 Å². The molecule has 0 unspecified atom stereocenters. The van der Waals surface area contributed by atoms with Gasteiger partial charge in [-0.1, -0.05) is 24.3 Å². The number of anilines is 2. The Labute approximate surface area is 178 Å². The van der Waals surface area contributed by atoms with E-state index in [0.29, 0.717) is 23.6 Å². The van der Waals surface area contributed by atoms with Gasteiger partial charge in [-0.05, 0) is 30.3 Å². The van der Waals surface area contributed by atoms with Crippen molar-refractivity contribution in [2.45, 2.75) is 6.54 Å². The summed E-state index contributed by atoms with van der Waals surface area (Å²) in [5.74, 6) is -0.510. The van der Waals surface area contributed by atoms with Crippen molar-refractivity contribution in [3.63, 3.8) is 0 Å². The molecule has 3 aromatic rings. The minimum absolute atomic E-state index is 0.0210. The molecule has 0 aliphatic carbocycles. The molecule has 6 nitrogen and oxygen atoms in total. The molecule has 0 aliphatic rings. The average Bonchev–Trinajstić information content (AvgIpc) is 3.24. The first-order chi connectivity index (χ1) is 14.4. The highest BCUT2D eigenvalue weighted by molar-refractivity contribution is 6.33. The van der Waals surface area contributed by atoms with Crippen molar-refractivity contribution in [1.82, 2.24) is 4.98 Å². The SMILES string of the molecule is C=Cc1c(NCc2ccco2)cc(-c2ccc(Cl)c(N(C)C)c2F)nc1C(=O)OC. The van der Waals surface area contributed by atoms with Crippen LogP contribution in [0.3, 0.4) is 0 Å². The van der Waals surface area contributed by atoms with Gasteiger partial charge in [0.15, 0.2) is 11.5 Å². The van der Waals surface area contributed by atoms with Gasteiger partial charge in [-0.2, -0.15) is 0 Å². The summed E-state index contributed by atoms with van der Waals surface area (Å²) in [5, 5.41) is 3.46. The zero-order chi connectivity index (χ0) is 21.8. The van der Waals surface area contributed by atoms with Crippen molar-refractivity contribution in [3.8, 4) is 11.3 Å². The van der Waals surface area contributed by atoms with E-state index < -0.39 is 11.8 Å². The Bertz CT molecular complexity index is 1080. The van der Waals surface area contributed by atoms with E-state index in [2.05, 4.69) is 16.9 Å². The van der Waals surface area contributed by atoms with Crippen LogP contribution in [0.4, 0.5) is 15.8 Å². The number of nitrogens with one attached hydrogen (secondary N) is 1. The maximum absolute atomic E-state index is 15.3. The second-order valence-corrected chi connectivity index (χ2v) is 7.01. The van der Waals surface area contributed by atoms with E-state index in [1.54, 1.807) is 43.5 Å². The number of pyridine rings is 1. The molecule has 0 radical (unpaired) electrons. The summed E-state index contributed by atoms with van der Waals surface area (Å²) >= 11 is 6.16. The van der Waals surface area contributed by atoms with Crippen molar-refractivity contribution >= 4 is 35.0 Å². The van der Waals surface area contributed by atoms with Gasteiger partial charge < -0.3 is 19.4 Å². The maximum Gasteiger partial charge on any atom is 0.357 e.